The third-order valence-corrected chi connectivity index (χ3v) is 7.87. The lowest BCUT2D eigenvalue weighted by atomic mass is 9.68. The van der Waals surface area contributed by atoms with Crippen molar-refractivity contribution in [1.29, 1.82) is 0 Å². The lowest BCUT2D eigenvalue weighted by Crippen LogP contribution is -2.50. The number of allylic oxidation sites excluding steroid dienone is 1. The van der Waals surface area contributed by atoms with Gasteiger partial charge < -0.3 is 19.6 Å². The van der Waals surface area contributed by atoms with Crippen molar-refractivity contribution in [2.45, 2.75) is 92.4 Å². The quantitative estimate of drug-likeness (QED) is 0.677. The Morgan fingerprint density at radius 2 is 2.00 bits per heavy atom. The number of carbonyl (C=O) groups is 2. The maximum absolute atomic E-state index is 13.0. The van der Waals surface area contributed by atoms with E-state index in [0.717, 1.165) is 36.2 Å². The summed E-state index contributed by atoms with van der Waals surface area (Å²) in [5.41, 5.74) is 2.70. The molecule has 4 atom stereocenters. The molecule has 1 saturated carbocycles. The molecule has 0 aromatic carbocycles. The number of fused-ring (bicyclic) bond motifs is 1. The molecule has 4 unspecified atom stereocenters. The molecule has 0 bridgehead atoms. The number of nitrogens with one attached hydrogen (secondary N) is 1. The lowest BCUT2D eigenvalue weighted by Gasteiger charge is -2.43. The second-order valence-electron chi connectivity index (χ2n) is 12.5. The fourth-order valence-corrected chi connectivity index (χ4v) is 5.64. The van der Waals surface area contributed by atoms with Crippen LogP contribution in [0.3, 0.4) is 0 Å². The molecule has 1 N–H and O–H groups in total. The highest BCUT2D eigenvalue weighted by Gasteiger charge is 2.46. The first kappa shape index (κ1) is 25.5. The zero-order valence-electron chi connectivity index (χ0n) is 22.5. The van der Waals surface area contributed by atoms with Gasteiger partial charge in [-0.25, -0.2) is 4.79 Å². The molecule has 1 aliphatic carbocycles. The molecular formula is C27H41N5O3. The van der Waals surface area contributed by atoms with E-state index in [2.05, 4.69) is 57.2 Å². The zero-order valence-corrected chi connectivity index (χ0v) is 22.5. The van der Waals surface area contributed by atoms with Crippen LogP contribution in [0.1, 0.15) is 70.9 Å². The third kappa shape index (κ3) is 5.16. The van der Waals surface area contributed by atoms with Crippen LogP contribution in [-0.4, -0.2) is 64.4 Å². The molecule has 4 rings (SSSR count). The van der Waals surface area contributed by atoms with Gasteiger partial charge in [-0.05, 0) is 50.0 Å². The average Bonchev–Trinajstić information content (AvgIpc) is 3.20. The van der Waals surface area contributed by atoms with Crippen LogP contribution >= 0.6 is 0 Å². The number of hydrogen-bond acceptors (Lipinski definition) is 5. The zero-order chi connectivity index (χ0) is 25.7. The van der Waals surface area contributed by atoms with Gasteiger partial charge in [0.05, 0.1) is 18.2 Å². The van der Waals surface area contributed by atoms with Gasteiger partial charge >= 0.3 is 6.03 Å². The van der Waals surface area contributed by atoms with Gasteiger partial charge in [-0.3, -0.25) is 9.79 Å². The number of nitrogens with zero attached hydrogens (tertiary/aromatic N) is 4. The minimum atomic E-state index is -0.188. The molecule has 3 heterocycles. The second kappa shape index (κ2) is 9.10. The van der Waals surface area contributed by atoms with Gasteiger partial charge in [-0.15, -0.1) is 0 Å². The van der Waals surface area contributed by atoms with Crippen LogP contribution in [0.25, 0.3) is 0 Å². The predicted octanol–water partition coefficient (Wildman–Crippen LogP) is 4.26. The number of aromatic nitrogens is 1. The van der Waals surface area contributed by atoms with Crippen LogP contribution in [0.5, 0.6) is 0 Å². The van der Waals surface area contributed by atoms with E-state index in [-0.39, 0.29) is 53.4 Å². The van der Waals surface area contributed by atoms with E-state index in [4.69, 9.17) is 9.52 Å². The maximum Gasteiger partial charge on any atom is 0.322 e. The van der Waals surface area contributed by atoms with Crippen molar-refractivity contribution in [1.82, 2.24) is 20.3 Å². The van der Waals surface area contributed by atoms with Crippen molar-refractivity contribution in [3.8, 4) is 0 Å². The van der Waals surface area contributed by atoms with Gasteiger partial charge in [0.25, 0.3) is 0 Å². The summed E-state index contributed by atoms with van der Waals surface area (Å²) < 4.78 is 5.22. The highest BCUT2D eigenvalue weighted by atomic mass is 16.5. The summed E-state index contributed by atoms with van der Waals surface area (Å²) in [6, 6.07) is 0.0586. The molecule has 192 valence electrons. The van der Waals surface area contributed by atoms with Gasteiger partial charge in [0.1, 0.15) is 11.9 Å². The van der Waals surface area contributed by atoms with Crippen LogP contribution in [0, 0.1) is 30.6 Å². The number of likely N-dealkylation sites (N-methyl/N-ethyl adjacent to an activating group) is 1. The Labute approximate surface area is 209 Å². The standard InChI is InChI=1S/C27H41N5O3/c1-16-19(17(2)35-30-16)14-23(33)29-22-13-18(11-12-27(22,6)7)20-9-10-21-24(28-20)31(8)25(34)32(21)15-26(3,4)5/h9-10,18,21-22,24H,11-15H2,1-8H3,(H,29,33). The molecule has 8 nitrogen and oxygen atoms in total. The maximum atomic E-state index is 13.0. The summed E-state index contributed by atoms with van der Waals surface area (Å²) in [4.78, 5) is 34.7. The summed E-state index contributed by atoms with van der Waals surface area (Å²) in [5, 5.41) is 7.28. The molecule has 2 aliphatic heterocycles. The van der Waals surface area contributed by atoms with Crippen molar-refractivity contribution in [3.05, 3.63) is 29.2 Å². The van der Waals surface area contributed by atoms with Gasteiger partial charge in [-0.1, -0.05) is 45.9 Å². The highest BCUT2D eigenvalue weighted by Crippen LogP contribution is 2.40. The summed E-state index contributed by atoms with van der Waals surface area (Å²) in [7, 11) is 1.85. The monoisotopic (exact) mass is 483 g/mol. The Morgan fingerprint density at radius 1 is 1.29 bits per heavy atom. The number of aliphatic imine (C=N–C) groups is 1. The fraction of sp³-hybridized carbons (Fsp3) is 0.704. The average molecular weight is 484 g/mol. The Bertz CT molecular complexity index is 1030. The number of rotatable bonds is 5. The Balaban J connectivity index is 1.46. The van der Waals surface area contributed by atoms with Crippen molar-refractivity contribution in [3.63, 3.8) is 0 Å². The topological polar surface area (TPSA) is 91.0 Å². The van der Waals surface area contributed by atoms with E-state index < -0.39 is 0 Å². The largest absolute Gasteiger partial charge is 0.361 e. The normalized spacial score (nSPS) is 28.2. The van der Waals surface area contributed by atoms with Crippen molar-refractivity contribution >= 4 is 17.6 Å². The van der Waals surface area contributed by atoms with Crippen molar-refractivity contribution in [2.75, 3.05) is 13.6 Å². The molecule has 35 heavy (non-hydrogen) atoms. The molecular weight excluding hydrogens is 442 g/mol. The number of carbonyl (C=O) groups excluding carboxylic acids is 2. The van der Waals surface area contributed by atoms with Gasteiger partial charge in [-0.2, -0.15) is 0 Å². The summed E-state index contributed by atoms with van der Waals surface area (Å²) in [5.74, 6) is 0.952. The third-order valence-electron chi connectivity index (χ3n) is 7.87. The van der Waals surface area contributed by atoms with Crippen LogP contribution in [0.15, 0.2) is 21.7 Å². The molecule has 1 aromatic heterocycles. The van der Waals surface area contributed by atoms with Crippen molar-refractivity contribution < 1.29 is 14.1 Å². The summed E-state index contributed by atoms with van der Waals surface area (Å²) in [6.45, 7) is 15.3. The molecule has 2 fully saturated rings. The Morgan fingerprint density at radius 3 is 2.63 bits per heavy atom. The first-order chi connectivity index (χ1) is 16.3. The van der Waals surface area contributed by atoms with Crippen LogP contribution in [0.4, 0.5) is 4.79 Å². The van der Waals surface area contributed by atoms with Crippen molar-refractivity contribution in [2.24, 2.45) is 21.7 Å². The molecule has 1 aromatic rings. The molecule has 0 radical (unpaired) electrons. The molecule has 3 aliphatic rings. The van der Waals surface area contributed by atoms with E-state index in [1.165, 1.54) is 0 Å². The predicted molar refractivity (Wildman–Crippen MR) is 136 cm³/mol. The first-order valence-corrected chi connectivity index (χ1v) is 12.8. The minimum Gasteiger partial charge on any atom is -0.361 e. The van der Waals surface area contributed by atoms with Crippen LogP contribution in [-0.2, 0) is 11.2 Å². The van der Waals surface area contributed by atoms with Crippen LogP contribution < -0.4 is 5.32 Å². The number of urea groups is 1. The molecule has 0 spiro atoms. The number of dihydropyridines is 1. The fourth-order valence-electron chi connectivity index (χ4n) is 5.64. The number of amides is 3. The van der Waals surface area contributed by atoms with Crippen LogP contribution in [0.2, 0.25) is 0 Å². The van der Waals surface area contributed by atoms with Gasteiger partial charge in [0.15, 0.2) is 0 Å². The highest BCUT2D eigenvalue weighted by molar-refractivity contribution is 5.98. The van der Waals surface area contributed by atoms with E-state index in [0.29, 0.717) is 12.3 Å². The van der Waals surface area contributed by atoms with E-state index in [1.54, 1.807) is 4.90 Å². The SMILES string of the molecule is Cc1noc(C)c1CC(=O)NC1CC(C2=NC3C(C=C2)N(CC(C)(C)C)C(=O)N3C)CCC1(C)C. The number of hydrogen-bond donors (Lipinski definition) is 1. The lowest BCUT2D eigenvalue weighted by molar-refractivity contribution is -0.122. The van der Waals surface area contributed by atoms with Gasteiger partial charge in [0.2, 0.25) is 5.91 Å². The first-order valence-electron chi connectivity index (χ1n) is 12.8. The smallest absolute Gasteiger partial charge is 0.322 e. The minimum absolute atomic E-state index is 0.00161. The molecule has 3 amide bonds. The van der Waals surface area contributed by atoms with E-state index in [9.17, 15) is 9.59 Å². The van der Waals surface area contributed by atoms with E-state index >= 15 is 0 Å². The Hall–Kier alpha value is -2.64. The Kier molecular flexibility index (Phi) is 6.62. The second-order valence-corrected chi connectivity index (χ2v) is 12.5. The van der Waals surface area contributed by atoms with Gasteiger partial charge in [0, 0.05) is 36.8 Å². The summed E-state index contributed by atoms with van der Waals surface area (Å²) in [6.07, 6.45) is 7.23. The number of aryl methyl sites for hydroxylation is 2. The summed E-state index contributed by atoms with van der Waals surface area (Å²) >= 11 is 0. The molecule has 8 heteroatoms. The molecule has 1 saturated heterocycles. The van der Waals surface area contributed by atoms with E-state index in [1.807, 2.05) is 25.8 Å².